The normalized spacial score (nSPS) is 13.1. The average Bonchev–Trinajstić information content (AvgIpc) is 2.09. The Morgan fingerprint density at radius 2 is 2.07 bits per heavy atom. The fraction of sp³-hybridized carbons (Fsp3) is 0.900. The lowest BCUT2D eigenvalue weighted by molar-refractivity contribution is -0.151. The van der Waals surface area contributed by atoms with Gasteiger partial charge in [-0.2, -0.15) is 0 Å². The van der Waals surface area contributed by atoms with E-state index in [0.717, 1.165) is 12.8 Å². The molecule has 0 aliphatic rings. The molecule has 0 amide bonds. The van der Waals surface area contributed by atoms with Crippen molar-refractivity contribution in [1.29, 1.82) is 0 Å². The van der Waals surface area contributed by atoms with E-state index in [1.54, 1.807) is 0 Å². The number of aliphatic carboxylic acids is 1. The van der Waals surface area contributed by atoms with E-state index < -0.39 is 12.1 Å². The molecule has 0 rings (SSSR count). The highest BCUT2D eigenvalue weighted by Crippen LogP contribution is 2.09. The molecule has 4 heteroatoms. The van der Waals surface area contributed by atoms with Crippen molar-refractivity contribution < 1.29 is 14.6 Å². The topological polar surface area (TPSA) is 72.5 Å². The van der Waals surface area contributed by atoms with Gasteiger partial charge in [0.1, 0.15) is 0 Å². The van der Waals surface area contributed by atoms with Crippen molar-refractivity contribution in [2.75, 3.05) is 13.2 Å². The lowest BCUT2D eigenvalue weighted by Crippen LogP contribution is -2.26. The van der Waals surface area contributed by atoms with Gasteiger partial charge in [-0.15, -0.1) is 0 Å². The summed E-state index contributed by atoms with van der Waals surface area (Å²) in [6, 6.07) is 0. The molecule has 0 bridgehead atoms. The predicted molar refractivity (Wildman–Crippen MR) is 55.1 cm³/mol. The van der Waals surface area contributed by atoms with Gasteiger partial charge in [-0.1, -0.05) is 13.8 Å². The average molecular weight is 203 g/mol. The third-order valence-electron chi connectivity index (χ3n) is 1.88. The first-order valence-corrected chi connectivity index (χ1v) is 5.12. The number of hydrogen-bond donors (Lipinski definition) is 2. The molecule has 0 aromatic heterocycles. The van der Waals surface area contributed by atoms with Crippen molar-refractivity contribution in [3.05, 3.63) is 0 Å². The van der Waals surface area contributed by atoms with Crippen LogP contribution in [-0.2, 0) is 9.53 Å². The molecule has 0 spiro atoms. The molecule has 0 aliphatic heterocycles. The summed E-state index contributed by atoms with van der Waals surface area (Å²) in [7, 11) is 0. The first-order chi connectivity index (χ1) is 6.57. The Morgan fingerprint density at radius 3 is 2.50 bits per heavy atom. The molecule has 84 valence electrons. The van der Waals surface area contributed by atoms with Crippen LogP contribution >= 0.6 is 0 Å². The van der Waals surface area contributed by atoms with Crippen LogP contribution in [0.3, 0.4) is 0 Å². The summed E-state index contributed by atoms with van der Waals surface area (Å²) >= 11 is 0. The maximum absolute atomic E-state index is 10.7. The molecule has 0 radical (unpaired) electrons. The number of rotatable bonds is 8. The number of carboxylic acids is 1. The maximum Gasteiger partial charge on any atom is 0.332 e. The highest BCUT2D eigenvalue weighted by molar-refractivity contribution is 5.72. The second kappa shape index (κ2) is 7.76. The van der Waals surface area contributed by atoms with Gasteiger partial charge in [-0.05, 0) is 31.7 Å². The van der Waals surface area contributed by atoms with Gasteiger partial charge in [0.2, 0.25) is 0 Å². The quantitative estimate of drug-likeness (QED) is 0.582. The largest absolute Gasteiger partial charge is 0.479 e. The van der Waals surface area contributed by atoms with Gasteiger partial charge in [0.25, 0.3) is 0 Å². The Kier molecular flexibility index (Phi) is 7.42. The molecule has 0 fully saturated rings. The molecule has 0 aliphatic carbocycles. The van der Waals surface area contributed by atoms with Crippen molar-refractivity contribution in [2.45, 2.75) is 39.2 Å². The molecule has 1 unspecified atom stereocenters. The Hall–Kier alpha value is -0.610. The van der Waals surface area contributed by atoms with Crippen LogP contribution in [0.15, 0.2) is 0 Å². The number of carbonyl (C=O) groups is 1. The highest BCUT2D eigenvalue weighted by Gasteiger charge is 2.18. The zero-order valence-electron chi connectivity index (χ0n) is 9.03. The Bertz CT molecular complexity index is 159. The highest BCUT2D eigenvalue weighted by atomic mass is 16.5. The van der Waals surface area contributed by atoms with Gasteiger partial charge in [-0.3, -0.25) is 0 Å². The van der Waals surface area contributed by atoms with E-state index in [-0.39, 0.29) is 0 Å². The van der Waals surface area contributed by atoms with Crippen LogP contribution in [0, 0.1) is 5.92 Å². The summed E-state index contributed by atoms with van der Waals surface area (Å²) in [5.74, 6) is -0.531. The third-order valence-corrected chi connectivity index (χ3v) is 1.88. The first kappa shape index (κ1) is 13.4. The van der Waals surface area contributed by atoms with Gasteiger partial charge in [0, 0.05) is 6.61 Å². The van der Waals surface area contributed by atoms with Gasteiger partial charge in [-0.25, -0.2) is 4.79 Å². The molecule has 0 saturated carbocycles. The van der Waals surface area contributed by atoms with Crippen molar-refractivity contribution >= 4 is 5.97 Å². The monoisotopic (exact) mass is 203 g/mol. The maximum atomic E-state index is 10.7. The van der Waals surface area contributed by atoms with E-state index in [1.165, 1.54) is 0 Å². The fourth-order valence-electron chi connectivity index (χ4n) is 1.14. The molecule has 3 N–H and O–H groups in total. The molecule has 0 heterocycles. The van der Waals surface area contributed by atoms with E-state index in [2.05, 4.69) is 0 Å². The standard InChI is InChI=1S/C10H21NO3/c1-8(2)7-9(10(12)13)14-6-4-3-5-11/h8-9H,3-7,11H2,1-2H3,(H,12,13). The summed E-state index contributed by atoms with van der Waals surface area (Å²) in [5.41, 5.74) is 5.31. The molecule has 1 atom stereocenters. The molecule has 0 aromatic rings. The van der Waals surface area contributed by atoms with Crippen LogP contribution < -0.4 is 5.73 Å². The van der Waals surface area contributed by atoms with Crippen molar-refractivity contribution in [3.8, 4) is 0 Å². The summed E-state index contributed by atoms with van der Waals surface area (Å²) in [5, 5.41) is 8.83. The third kappa shape index (κ3) is 6.86. The Morgan fingerprint density at radius 1 is 1.43 bits per heavy atom. The number of hydrogen-bond acceptors (Lipinski definition) is 3. The molecular weight excluding hydrogens is 182 g/mol. The fourth-order valence-corrected chi connectivity index (χ4v) is 1.14. The predicted octanol–water partition coefficient (Wildman–Crippen LogP) is 1.24. The lowest BCUT2D eigenvalue weighted by atomic mass is 10.1. The van der Waals surface area contributed by atoms with Crippen LogP contribution in [0.2, 0.25) is 0 Å². The molecule has 0 saturated heterocycles. The van der Waals surface area contributed by atoms with Gasteiger partial charge in [0.15, 0.2) is 6.10 Å². The minimum absolute atomic E-state index is 0.339. The van der Waals surface area contributed by atoms with Gasteiger partial charge < -0.3 is 15.6 Å². The van der Waals surface area contributed by atoms with E-state index in [4.69, 9.17) is 15.6 Å². The van der Waals surface area contributed by atoms with Crippen molar-refractivity contribution in [1.82, 2.24) is 0 Å². The van der Waals surface area contributed by atoms with Crippen LogP contribution in [0.25, 0.3) is 0 Å². The lowest BCUT2D eigenvalue weighted by Gasteiger charge is -2.15. The SMILES string of the molecule is CC(C)CC(OCCCCN)C(=O)O. The Labute approximate surface area is 85.4 Å². The van der Waals surface area contributed by atoms with E-state index in [1.807, 2.05) is 13.8 Å². The summed E-state index contributed by atoms with van der Waals surface area (Å²) in [6.07, 6.45) is 1.62. The summed E-state index contributed by atoms with van der Waals surface area (Å²) < 4.78 is 5.26. The van der Waals surface area contributed by atoms with Gasteiger partial charge in [0.05, 0.1) is 0 Å². The van der Waals surface area contributed by atoms with Crippen molar-refractivity contribution in [3.63, 3.8) is 0 Å². The number of ether oxygens (including phenoxy) is 1. The van der Waals surface area contributed by atoms with E-state index in [0.29, 0.717) is 25.5 Å². The molecular formula is C10H21NO3. The van der Waals surface area contributed by atoms with Crippen LogP contribution in [0.1, 0.15) is 33.1 Å². The number of unbranched alkanes of at least 4 members (excludes halogenated alkanes) is 1. The minimum Gasteiger partial charge on any atom is -0.479 e. The van der Waals surface area contributed by atoms with E-state index >= 15 is 0 Å². The summed E-state index contributed by atoms with van der Waals surface area (Å²) in [4.78, 5) is 10.7. The molecule has 4 nitrogen and oxygen atoms in total. The first-order valence-electron chi connectivity index (χ1n) is 5.12. The van der Waals surface area contributed by atoms with Crippen LogP contribution in [0.4, 0.5) is 0 Å². The molecule has 0 aromatic carbocycles. The Balaban J connectivity index is 3.68. The van der Waals surface area contributed by atoms with E-state index in [9.17, 15) is 4.79 Å². The zero-order chi connectivity index (χ0) is 11.0. The second-order valence-electron chi connectivity index (χ2n) is 3.82. The molecule has 14 heavy (non-hydrogen) atoms. The van der Waals surface area contributed by atoms with Crippen LogP contribution in [0.5, 0.6) is 0 Å². The van der Waals surface area contributed by atoms with Crippen molar-refractivity contribution in [2.24, 2.45) is 11.7 Å². The summed E-state index contributed by atoms with van der Waals surface area (Å²) in [6.45, 7) is 5.09. The zero-order valence-corrected chi connectivity index (χ0v) is 9.03. The minimum atomic E-state index is -0.869. The number of nitrogens with two attached hydrogens (primary N) is 1. The smallest absolute Gasteiger partial charge is 0.332 e. The van der Waals surface area contributed by atoms with Gasteiger partial charge >= 0.3 is 5.97 Å². The number of carboxylic acid groups (broad SMARTS) is 1. The second-order valence-corrected chi connectivity index (χ2v) is 3.82. The van der Waals surface area contributed by atoms with Crippen LogP contribution in [-0.4, -0.2) is 30.3 Å².